The Bertz CT molecular complexity index is 766. The molecule has 144 valence electrons. The van der Waals surface area contributed by atoms with Crippen molar-refractivity contribution in [2.24, 2.45) is 0 Å². The minimum atomic E-state index is -0.275. The first-order valence-corrected chi connectivity index (χ1v) is 9.90. The van der Waals surface area contributed by atoms with Gasteiger partial charge in [-0.1, -0.05) is 25.1 Å². The van der Waals surface area contributed by atoms with E-state index in [1.54, 1.807) is 12.5 Å². The maximum absolute atomic E-state index is 13.0. The fourth-order valence-electron chi connectivity index (χ4n) is 4.12. The third-order valence-corrected chi connectivity index (χ3v) is 5.85. The summed E-state index contributed by atoms with van der Waals surface area (Å²) < 4.78 is 8.53. The molecule has 2 aromatic rings. The highest BCUT2D eigenvalue weighted by molar-refractivity contribution is 5.76. The number of likely N-dealkylation sites (tertiary alicyclic amines) is 1. The van der Waals surface area contributed by atoms with Crippen LogP contribution in [0.1, 0.15) is 31.7 Å². The van der Waals surface area contributed by atoms with Crippen LogP contribution in [0.25, 0.3) is 0 Å². The highest BCUT2D eigenvalue weighted by Crippen LogP contribution is 2.35. The lowest BCUT2D eigenvalue weighted by Crippen LogP contribution is -2.54. The maximum Gasteiger partial charge on any atom is 0.224 e. The third kappa shape index (κ3) is 4.00. The summed E-state index contributed by atoms with van der Waals surface area (Å²) in [5.74, 6) is 1.12. The van der Waals surface area contributed by atoms with Crippen molar-refractivity contribution in [3.05, 3.63) is 48.5 Å². The second-order valence-electron chi connectivity index (χ2n) is 7.63. The Balaban J connectivity index is 1.53. The number of ether oxygens (including phenoxy) is 1. The summed E-state index contributed by atoms with van der Waals surface area (Å²) in [4.78, 5) is 21.5. The number of rotatable bonds is 4. The van der Waals surface area contributed by atoms with Crippen molar-refractivity contribution < 1.29 is 9.53 Å². The van der Waals surface area contributed by atoms with Crippen molar-refractivity contribution >= 4 is 5.91 Å². The van der Waals surface area contributed by atoms with Crippen molar-refractivity contribution in [1.82, 2.24) is 19.4 Å². The normalized spacial score (nSPS) is 19.4. The summed E-state index contributed by atoms with van der Waals surface area (Å²) in [6.45, 7) is 7.27. The van der Waals surface area contributed by atoms with E-state index in [1.807, 2.05) is 33.9 Å². The van der Waals surface area contributed by atoms with Crippen molar-refractivity contribution in [2.45, 2.75) is 44.9 Å². The SMILES string of the molecule is CCN1CCC2(CC1)CN(C(=O)CCn1ccnc1)Cc1ccccc1O2. The number of benzene rings is 1. The zero-order valence-corrected chi connectivity index (χ0v) is 16.0. The first-order chi connectivity index (χ1) is 13.2. The van der Waals surface area contributed by atoms with Gasteiger partial charge in [-0.25, -0.2) is 4.98 Å². The van der Waals surface area contributed by atoms with Crippen LogP contribution in [-0.2, 0) is 17.9 Å². The second-order valence-corrected chi connectivity index (χ2v) is 7.63. The lowest BCUT2D eigenvalue weighted by molar-refractivity contribution is -0.135. The smallest absolute Gasteiger partial charge is 0.224 e. The molecule has 0 radical (unpaired) electrons. The van der Waals surface area contributed by atoms with Crippen molar-refractivity contribution in [2.75, 3.05) is 26.2 Å². The molecule has 0 bridgehead atoms. The Labute approximate surface area is 160 Å². The predicted molar refractivity (Wildman–Crippen MR) is 103 cm³/mol. The Morgan fingerprint density at radius 1 is 1.26 bits per heavy atom. The zero-order chi connectivity index (χ0) is 18.7. The van der Waals surface area contributed by atoms with Crippen LogP contribution in [-0.4, -0.2) is 57.0 Å². The predicted octanol–water partition coefficient (Wildman–Crippen LogP) is 2.55. The number of carbonyl (C=O) groups is 1. The van der Waals surface area contributed by atoms with Gasteiger partial charge >= 0.3 is 0 Å². The van der Waals surface area contributed by atoms with Gasteiger partial charge in [0.15, 0.2) is 0 Å². The molecule has 0 unspecified atom stereocenters. The summed E-state index contributed by atoms with van der Waals surface area (Å²) in [6, 6.07) is 8.16. The Morgan fingerprint density at radius 3 is 2.81 bits per heavy atom. The number of para-hydroxylation sites is 1. The van der Waals surface area contributed by atoms with Gasteiger partial charge in [0.05, 0.1) is 12.9 Å². The second kappa shape index (κ2) is 7.72. The van der Waals surface area contributed by atoms with E-state index >= 15 is 0 Å². The Hall–Kier alpha value is -2.34. The van der Waals surface area contributed by atoms with E-state index in [0.29, 0.717) is 26.1 Å². The molecule has 0 N–H and O–H groups in total. The minimum Gasteiger partial charge on any atom is -0.485 e. The van der Waals surface area contributed by atoms with Gasteiger partial charge in [-0.2, -0.15) is 0 Å². The van der Waals surface area contributed by atoms with Crippen LogP contribution in [0.5, 0.6) is 5.75 Å². The number of carbonyl (C=O) groups excluding carboxylic acids is 1. The molecule has 2 aliphatic rings. The van der Waals surface area contributed by atoms with Crippen LogP contribution < -0.4 is 4.74 Å². The maximum atomic E-state index is 13.0. The van der Waals surface area contributed by atoms with Crippen LogP contribution in [0, 0.1) is 0 Å². The van der Waals surface area contributed by atoms with Crippen LogP contribution in [0.3, 0.4) is 0 Å². The molecule has 27 heavy (non-hydrogen) atoms. The fourth-order valence-corrected chi connectivity index (χ4v) is 4.12. The lowest BCUT2D eigenvalue weighted by atomic mass is 9.90. The van der Waals surface area contributed by atoms with Crippen LogP contribution in [0.4, 0.5) is 0 Å². The number of aryl methyl sites for hydroxylation is 1. The molecular formula is C21H28N4O2. The molecular weight excluding hydrogens is 340 g/mol. The molecule has 6 nitrogen and oxygen atoms in total. The molecule has 1 fully saturated rings. The van der Waals surface area contributed by atoms with E-state index < -0.39 is 0 Å². The number of aromatic nitrogens is 2. The highest BCUT2D eigenvalue weighted by Gasteiger charge is 2.41. The van der Waals surface area contributed by atoms with Crippen LogP contribution >= 0.6 is 0 Å². The van der Waals surface area contributed by atoms with E-state index in [1.165, 1.54) is 0 Å². The molecule has 1 aromatic heterocycles. The van der Waals surface area contributed by atoms with Gasteiger partial charge in [-0.15, -0.1) is 0 Å². The molecule has 1 aromatic carbocycles. The van der Waals surface area contributed by atoms with Crippen LogP contribution in [0.15, 0.2) is 43.0 Å². The van der Waals surface area contributed by atoms with Gasteiger partial charge in [-0.3, -0.25) is 4.79 Å². The molecule has 1 amide bonds. The molecule has 2 aliphatic heterocycles. The average Bonchev–Trinajstić information content (AvgIpc) is 3.15. The van der Waals surface area contributed by atoms with Gasteiger partial charge in [-0.05, 0) is 12.6 Å². The number of amides is 1. The van der Waals surface area contributed by atoms with Crippen molar-refractivity contribution in [3.8, 4) is 5.75 Å². The number of nitrogens with zero attached hydrogens (tertiary/aromatic N) is 4. The summed E-state index contributed by atoms with van der Waals surface area (Å²) >= 11 is 0. The number of fused-ring (bicyclic) bond motifs is 1. The molecule has 0 aliphatic carbocycles. The lowest BCUT2D eigenvalue weighted by Gasteiger charge is -2.42. The number of imidazole rings is 1. The summed E-state index contributed by atoms with van der Waals surface area (Å²) in [7, 11) is 0. The van der Waals surface area contributed by atoms with Crippen LogP contribution in [0.2, 0.25) is 0 Å². The Morgan fingerprint density at radius 2 is 2.07 bits per heavy atom. The third-order valence-electron chi connectivity index (χ3n) is 5.85. The largest absolute Gasteiger partial charge is 0.485 e. The van der Waals surface area contributed by atoms with Gasteiger partial charge in [0.1, 0.15) is 11.4 Å². The van der Waals surface area contributed by atoms with Gasteiger partial charge < -0.3 is 19.1 Å². The molecule has 6 heteroatoms. The summed E-state index contributed by atoms with van der Waals surface area (Å²) in [6.07, 6.45) is 7.81. The molecule has 4 rings (SSSR count). The monoisotopic (exact) mass is 368 g/mol. The first-order valence-electron chi connectivity index (χ1n) is 9.90. The Kier molecular flexibility index (Phi) is 5.16. The molecule has 0 atom stereocenters. The molecule has 1 spiro atoms. The highest BCUT2D eigenvalue weighted by atomic mass is 16.5. The van der Waals surface area contributed by atoms with Gasteiger partial charge in [0.25, 0.3) is 0 Å². The fraction of sp³-hybridized carbons (Fsp3) is 0.524. The van der Waals surface area contributed by atoms with Crippen molar-refractivity contribution in [1.29, 1.82) is 0 Å². The summed E-state index contributed by atoms with van der Waals surface area (Å²) in [5, 5.41) is 0. The van der Waals surface area contributed by atoms with Gasteiger partial charge in [0, 0.05) is 63.4 Å². The zero-order valence-electron chi connectivity index (χ0n) is 16.0. The molecule has 0 saturated carbocycles. The molecule has 1 saturated heterocycles. The van der Waals surface area contributed by atoms with E-state index in [9.17, 15) is 4.79 Å². The average molecular weight is 368 g/mol. The van der Waals surface area contributed by atoms with E-state index in [4.69, 9.17) is 4.74 Å². The van der Waals surface area contributed by atoms with E-state index in [0.717, 1.165) is 43.8 Å². The molecule has 3 heterocycles. The minimum absolute atomic E-state index is 0.182. The van der Waals surface area contributed by atoms with Crippen molar-refractivity contribution in [3.63, 3.8) is 0 Å². The summed E-state index contributed by atoms with van der Waals surface area (Å²) in [5.41, 5.74) is 0.825. The first kappa shape index (κ1) is 18.0. The van der Waals surface area contributed by atoms with E-state index in [-0.39, 0.29) is 11.5 Å². The van der Waals surface area contributed by atoms with E-state index in [2.05, 4.69) is 22.9 Å². The number of hydrogen-bond acceptors (Lipinski definition) is 4. The van der Waals surface area contributed by atoms with Gasteiger partial charge in [0.2, 0.25) is 5.91 Å². The topological polar surface area (TPSA) is 50.6 Å². The number of piperidine rings is 1. The quantitative estimate of drug-likeness (QED) is 0.832. The number of hydrogen-bond donors (Lipinski definition) is 0. The standard InChI is InChI=1S/C21H28N4O2/c1-2-23-12-8-21(9-13-23)16-25(15-18-5-3-4-6-19(18)27-21)20(26)7-11-24-14-10-22-17-24/h3-6,10,14,17H,2,7-9,11-13,15-16H2,1H3.